The standard InChI is InChI=1S/C11H18BrNOS/c1-3-13-5-7-14-6-4-10-8-11(12)9(2)15-10/h8,13H,3-7H2,1-2H3. The Balaban J connectivity index is 2.10. The van der Waals surface area contributed by atoms with Crippen molar-refractivity contribution >= 4 is 27.3 Å². The first-order chi connectivity index (χ1) is 7.24. The molecule has 0 aromatic carbocycles. The molecule has 0 fully saturated rings. The van der Waals surface area contributed by atoms with Crippen molar-refractivity contribution in [2.45, 2.75) is 20.3 Å². The van der Waals surface area contributed by atoms with E-state index in [0.29, 0.717) is 0 Å². The topological polar surface area (TPSA) is 21.3 Å². The zero-order chi connectivity index (χ0) is 11.1. The van der Waals surface area contributed by atoms with Crippen molar-refractivity contribution < 1.29 is 4.74 Å². The highest BCUT2D eigenvalue weighted by atomic mass is 79.9. The van der Waals surface area contributed by atoms with Gasteiger partial charge in [-0.15, -0.1) is 11.3 Å². The van der Waals surface area contributed by atoms with Crippen LogP contribution in [-0.4, -0.2) is 26.3 Å². The summed E-state index contributed by atoms with van der Waals surface area (Å²) in [4.78, 5) is 2.74. The smallest absolute Gasteiger partial charge is 0.0591 e. The fourth-order valence-corrected chi connectivity index (χ4v) is 2.82. The molecule has 0 aliphatic heterocycles. The van der Waals surface area contributed by atoms with Crippen LogP contribution < -0.4 is 5.32 Å². The molecule has 0 atom stereocenters. The molecule has 86 valence electrons. The summed E-state index contributed by atoms with van der Waals surface area (Å²) in [5, 5.41) is 3.23. The summed E-state index contributed by atoms with van der Waals surface area (Å²) in [6, 6.07) is 2.19. The predicted molar refractivity (Wildman–Crippen MR) is 69.8 cm³/mol. The summed E-state index contributed by atoms with van der Waals surface area (Å²) < 4.78 is 6.74. The van der Waals surface area contributed by atoms with Crippen LogP contribution >= 0.6 is 27.3 Å². The number of aryl methyl sites for hydroxylation is 1. The maximum Gasteiger partial charge on any atom is 0.0591 e. The average Bonchev–Trinajstić information content (AvgIpc) is 2.52. The molecule has 0 spiro atoms. The molecule has 2 nitrogen and oxygen atoms in total. The van der Waals surface area contributed by atoms with Crippen LogP contribution in [0.5, 0.6) is 0 Å². The second-order valence-corrected chi connectivity index (χ2v) is 5.53. The van der Waals surface area contributed by atoms with Crippen LogP contribution in [0.2, 0.25) is 0 Å². The van der Waals surface area contributed by atoms with Crippen LogP contribution in [0.15, 0.2) is 10.5 Å². The van der Waals surface area contributed by atoms with Gasteiger partial charge in [0.2, 0.25) is 0 Å². The number of thiophene rings is 1. The molecule has 0 aliphatic carbocycles. The summed E-state index contributed by atoms with van der Waals surface area (Å²) >= 11 is 5.36. The number of likely N-dealkylation sites (N-methyl/N-ethyl adjacent to an activating group) is 1. The van der Waals surface area contributed by atoms with Crippen molar-refractivity contribution in [1.29, 1.82) is 0 Å². The van der Waals surface area contributed by atoms with Gasteiger partial charge in [0.1, 0.15) is 0 Å². The molecule has 1 aromatic rings. The first-order valence-corrected chi connectivity index (χ1v) is 6.88. The van der Waals surface area contributed by atoms with Crippen molar-refractivity contribution in [3.63, 3.8) is 0 Å². The molecule has 0 unspecified atom stereocenters. The summed E-state index contributed by atoms with van der Waals surface area (Å²) in [6.45, 7) is 7.82. The minimum absolute atomic E-state index is 0.805. The van der Waals surface area contributed by atoms with Gasteiger partial charge < -0.3 is 10.1 Å². The van der Waals surface area contributed by atoms with E-state index in [9.17, 15) is 0 Å². The lowest BCUT2D eigenvalue weighted by atomic mass is 10.3. The molecule has 0 saturated heterocycles. The van der Waals surface area contributed by atoms with Gasteiger partial charge in [0, 0.05) is 27.2 Å². The minimum Gasteiger partial charge on any atom is -0.380 e. The van der Waals surface area contributed by atoms with E-state index in [4.69, 9.17) is 4.74 Å². The second kappa shape index (κ2) is 7.39. The van der Waals surface area contributed by atoms with E-state index in [1.807, 2.05) is 11.3 Å². The molecule has 0 radical (unpaired) electrons. The normalized spacial score (nSPS) is 10.9. The molecule has 1 rings (SSSR count). The molecule has 1 N–H and O–H groups in total. The summed E-state index contributed by atoms with van der Waals surface area (Å²) in [7, 11) is 0. The first-order valence-electron chi connectivity index (χ1n) is 5.27. The van der Waals surface area contributed by atoms with E-state index in [-0.39, 0.29) is 0 Å². The quantitative estimate of drug-likeness (QED) is 0.780. The van der Waals surface area contributed by atoms with Gasteiger partial charge in [0.25, 0.3) is 0 Å². The zero-order valence-electron chi connectivity index (χ0n) is 9.31. The van der Waals surface area contributed by atoms with Crippen molar-refractivity contribution in [1.82, 2.24) is 5.32 Å². The lowest BCUT2D eigenvalue weighted by Gasteiger charge is -2.03. The second-order valence-electron chi connectivity index (χ2n) is 3.33. The maximum absolute atomic E-state index is 5.52. The molecule has 0 bridgehead atoms. The molecule has 15 heavy (non-hydrogen) atoms. The molecule has 0 amide bonds. The SMILES string of the molecule is CCNCCOCCc1cc(Br)c(C)s1. The van der Waals surface area contributed by atoms with Gasteiger partial charge in [-0.3, -0.25) is 0 Å². The van der Waals surface area contributed by atoms with E-state index in [0.717, 1.165) is 32.7 Å². The zero-order valence-corrected chi connectivity index (χ0v) is 11.7. The van der Waals surface area contributed by atoms with Gasteiger partial charge in [-0.05, 0) is 35.5 Å². The van der Waals surface area contributed by atoms with Gasteiger partial charge in [-0.25, -0.2) is 0 Å². The first kappa shape index (κ1) is 13.2. The van der Waals surface area contributed by atoms with Crippen molar-refractivity contribution in [3.8, 4) is 0 Å². The van der Waals surface area contributed by atoms with Gasteiger partial charge in [-0.1, -0.05) is 6.92 Å². The van der Waals surface area contributed by atoms with Crippen LogP contribution in [0.1, 0.15) is 16.7 Å². The number of rotatable bonds is 7. The molecule has 0 saturated carbocycles. The lowest BCUT2D eigenvalue weighted by molar-refractivity contribution is 0.140. The van der Waals surface area contributed by atoms with Crippen LogP contribution in [0, 0.1) is 6.92 Å². The van der Waals surface area contributed by atoms with E-state index >= 15 is 0 Å². The minimum atomic E-state index is 0.805. The molecular weight excluding hydrogens is 274 g/mol. The Kier molecular flexibility index (Phi) is 6.48. The van der Waals surface area contributed by atoms with Crippen molar-refractivity contribution in [2.75, 3.05) is 26.3 Å². The number of nitrogens with one attached hydrogen (secondary N) is 1. The lowest BCUT2D eigenvalue weighted by Crippen LogP contribution is -2.19. The third-order valence-corrected chi connectivity index (χ3v) is 4.27. The van der Waals surface area contributed by atoms with E-state index in [2.05, 4.69) is 41.2 Å². The van der Waals surface area contributed by atoms with Crippen LogP contribution in [-0.2, 0) is 11.2 Å². The monoisotopic (exact) mass is 291 g/mol. The Bertz CT molecular complexity index is 269. The molecule has 1 heterocycles. The van der Waals surface area contributed by atoms with Crippen LogP contribution in [0.25, 0.3) is 0 Å². The maximum atomic E-state index is 5.52. The number of halogens is 1. The van der Waals surface area contributed by atoms with Crippen molar-refractivity contribution in [2.24, 2.45) is 0 Å². The highest BCUT2D eigenvalue weighted by Crippen LogP contribution is 2.26. The van der Waals surface area contributed by atoms with Crippen LogP contribution in [0.3, 0.4) is 0 Å². The van der Waals surface area contributed by atoms with Gasteiger partial charge in [0.15, 0.2) is 0 Å². The Labute approximate surface area is 104 Å². The summed E-state index contributed by atoms with van der Waals surface area (Å²) in [6.07, 6.45) is 1.02. The van der Waals surface area contributed by atoms with Gasteiger partial charge in [-0.2, -0.15) is 0 Å². The molecule has 0 aliphatic rings. The average molecular weight is 292 g/mol. The summed E-state index contributed by atoms with van der Waals surface area (Å²) in [5.74, 6) is 0. The van der Waals surface area contributed by atoms with Crippen LogP contribution in [0.4, 0.5) is 0 Å². The Morgan fingerprint density at radius 3 is 2.87 bits per heavy atom. The Hall–Kier alpha value is 0.1000. The third-order valence-electron chi connectivity index (χ3n) is 2.07. The molecule has 4 heteroatoms. The number of hydrogen-bond donors (Lipinski definition) is 1. The van der Waals surface area contributed by atoms with E-state index in [1.54, 1.807) is 0 Å². The Morgan fingerprint density at radius 2 is 2.27 bits per heavy atom. The highest BCUT2D eigenvalue weighted by Gasteiger charge is 2.02. The number of ether oxygens (including phenoxy) is 1. The largest absolute Gasteiger partial charge is 0.380 e. The number of hydrogen-bond acceptors (Lipinski definition) is 3. The molecular formula is C11H18BrNOS. The molecule has 1 aromatic heterocycles. The van der Waals surface area contributed by atoms with Gasteiger partial charge >= 0.3 is 0 Å². The highest BCUT2D eigenvalue weighted by molar-refractivity contribution is 9.10. The van der Waals surface area contributed by atoms with Gasteiger partial charge in [0.05, 0.1) is 13.2 Å². The van der Waals surface area contributed by atoms with E-state index < -0.39 is 0 Å². The Morgan fingerprint density at radius 1 is 1.47 bits per heavy atom. The summed E-state index contributed by atoms with van der Waals surface area (Å²) in [5.41, 5.74) is 0. The van der Waals surface area contributed by atoms with E-state index in [1.165, 1.54) is 14.2 Å². The fourth-order valence-electron chi connectivity index (χ4n) is 1.24. The van der Waals surface area contributed by atoms with Crippen molar-refractivity contribution in [3.05, 3.63) is 20.3 Å². The predicted octanol–water partition coefficient (Wildman–Crippen LogP) is 2.99. The fraction of sp³-hybridized carbons (Fsp3) is 0.636. The third kappa shape index (κ3) is 5.11.